The van der Waals surface area contributed by atoms with Crippen LogP contribution in [0.2, 0.25) is 0 Å². The van der Waals surface area contributed by atoms with E-state index < -0.39 is 0 Å². The van der Waals surface area contributed by atoms with E-state index in [1.165, 1.54) is 43.1 Å². The van der Waals surface area contributed by atoms with E-state index in [0.717, 1.165) is 11.0 Å². The van der Waals surface area contributed by atoms with Gasteiger partial charge in [-0.3, -0.25) is 0 Å². The lowest BCUT2D eigenvalue weighted by Gasteiger charge is -2.09. The van der Waals surface area contributed by atoms with Crippen LogP contribution in [-0.2, 0) is 0 Å². The molecule has 26 heavy (non-hydrogen) atoms. The minimum absolute atomic E-state index is 1.08. The smallest absolute Gasteiger partial charge is 0.0788 e. The summed E-state index contributed by atoms with van der Waals surface area (Å²) in [5.41, 5.74) is 2.16. The molecule has 0 aliphatic carbocycles. The van der Waals surface area contributed by atoms with Crippen molar-refractivity contribution in [2.24, 2.45) is 0 Å². The number of rotatable bonds is 0. The number of nitrogens with zero attached hydrogens (tertiary/aromatic N) is 1. The Labute approximate surface area is 150 Å². The van der Waals surface area contributed by atoms with Gasteiger partial charge in [-0.15, -0.1) is 0 Å². The first-order chi connectivity index (χ1) is 12.9. The largest absolute Gasteiger partial charge is 0.246 e. The van der Waals surface area contributed by atoms with Gasteiger partial charge in [-0.2, -0.15) is 0 Å². The first-order valence-electron chi connectivity index (χ1n) is 8.91. The van der Waals surface area contributed by atoms with Crippen LogP contribution >= 0.6 is 0 Å². The number of hydrogen-bond acceptors (Lipinski definition) is 1. The zero-order valence-electron chi connectivity index (χ0n) is 14.1. The number of benzene rings is 5. The lowest BCUT2D eigenvalue weighted by Crippen LogP contribution is -1.87. The Balaban J connectivity index is 1.83. The molecule has 0 bridgehead atoms. The summed E-state index contributed by atoms with van der Waals surface area (Å²) in [4.78, 5) is 5.14. The van der Waals surface area contributed by atoms with Crippen molar-refractivity contribution in [2.45, 2.75) is 0 Å². The molecule has 1 heterocycles. The molecule has 0 saturated heterocycles. The van der Waals surface area contributed by atoms with Crippen LogP contribution in [0.1, 0.15) is 0 Å². The Morgan fingerprint density at radius 1 is 0.385 bits per heavy atom. The van der Waals surface area contributed by atoms with Gasteiger partial charge in [-0.25, -0.2) is 4.98 Å². The molecular weight excluding hydrogens is 314 g/mol. The molecule has 6 rings (SSSR count). The highest BCUT2D eigenvalue weighted by molar-refractivity contribution is 6.15. The van der Waals surface area contributed by atoms with Crippen LogP contribution in [0.3, 0.4) is 0 Å². The zero-order chi connectivity index (χ0) is 17.1. The topological polar surface area (TPSA) is 12.9 Å². The molecule has 0 fully saturated rings. The second-order valence-electron chi connectivity index (χ2n) is 6.90. The predicted molar refractivity (Wildman–Crippen MR) is 112 cm³/mol. The van der Waals surface area contributed by atoms with Crippen molar-refractivity contribution in [3.63, 3.8) is 0 Å². The fraction of sp³-hybridized carbons (Fsp3) is 0. The molecule has 1 heteroatoms. The van der Waals surface area contributed by atoms with Gasteiger partial charge < -0.3 is 0 Å². The van der Waals surface area contributed by atoms with Crippen LogP contribution < -0.4 is 0 Å². The van der Waals surface area contributed by atoms with Crippen LogP contribution in [0, 0.1) is 0 Å². The zero-order valence-corrected chi connectivity index (χ0v) is 14.1. The summed E-state index contributed by atoms with van der Waals surface area (Å²) in [6.45, 7) is 0. The molecule has 0 aliphatic rings. The standard InChI is InChI=1S/C25H15N/c1-2-7-18-15-23-19(13-17(18)6-1)10-12-21-14-20-11-9-16-5-3-4-8-22(16)24(20)26-25(21)23/h1-15H. The maximum Gasteiger partial charge on any atom is 0.0788 e. The molecule has 0 amide bonds. The minimum atomic E-state index is 1.08. The first-order valence-corrected chi connectivity index (χ1v) is 8.91. The van der Waals surface area contributed by atoms with Gasteiger partial charge in [0.15, 0.2) is 0 Å². The molecule has 0 saturated carbocycles. The lowest BCUT2D eigenvalue weighted by molar-refractivity contribution is 1.54. The Morgan fingerprint density at radius 2 is 0.923 bits per heavy atom. The van der Waals surface area contributed by atoms with Gasteiger partial charge >= 0.3 is 0 Å². The molecule has 0 radical (unpaired) electrons. The number of fused-ring (bicyclic) bond motifs is 7. The van der Waals surface area contributed by atoms with Gasteiger partial charge in [-0.1, -0.05) is 72.8 Å². The Morgan fingerprint density at radius 3 is 1.73 bits per heavy atom. The van der Waals surface area contributed by atoms with E-state index in [4.69, 9.17) is 4.98 Å². The summed E-state index contributed by atoms with van der Waals surface area (Å²) in [7, 11) is 0. The van der Waals surface area contributed by atoms with Gasteiger partial charge in [0.2, 0.25) is 0 Å². The first kappa shape index (κ1) is 13.8. The Hall–Kier alpha value is -3.45. The molecular formula is C25H15N. The maximum absolute atomic E-state index is 5.14. The molecule has 0 atom stereocenters. The number of aromatic nitrogens is 1. The Bertz CT molecular complexity index is 1480. The highest BCUT2D eigenvalue weighted by Crippen LogP contribution is 2.32. The number of hydrogen-bond donors (Lipinski definition) is 0. The monoisotopic (exact) mass is 329 g/mol. The van der Waals surface area contributed by atoms with Crippen LogP contribution in [0.5, 0.6) is 0 Å². The molecule has 6 aromatic rings. The van der Waals surface area contributed by atoms with E-state index in [0.29, 0.717) is 0 Å². The van der Waals surface area contributed by atoms with Crippen LogP contribution in [0.4, 0.5) is 0 Å². The van der Waals surface area contributed by atoms with Gasteiger partial charge in [-0.05, 0) is 39.7 Å². The van der Waals surface area contributed by atoms with Gasteiger partial charge in [0.25, 0.3) is 0 Å². The molecule has 120 valence electrons. The van der Waals surface area contributed by atoms with Crippen molar-refractivity contribution in [3.05, 3.63) is 91.0 Å². The fourth-order valence-electron chi connectivity index (χ4n) is 4.05. The van der Waals surface area contributed by atoms with E-state index in [9.17, 15) is 0 Å². The van der Waals surface area contributed by atoms with Crippen LogP contribution in [-0.4, -0.2) is 4.98 Å². The summed E-state index contributed by atoms with van der Waals surface area (Å²) < 4.78 is 0. The second-order valence-corrected chi connectivity index (χ2v) is 6.90. The maximum atomic E-state index is 5.14. The van der Waals surface area contributed by atoms with Gasteiger partial charge in [0.05, 0.1) is 11.0 Å². The highest BCUT2D eigenvalue weighted by Gasteiger charge is 2.08. The van der Waals surface area contributed by atoms with Crippen molar-refractivity contribution in [1.29, 1.82) is 0 Å². The third-order valence-corrected chi connectivity index (χ3v) is 5.36. The summed E-state index contributed by atoms with van der Waals surface area (Å²) in [5.74, 6) is 0. The third kappa shape index (κ3) is 1.89. The van der Waals surface area contributed by atoms with E-state index in [-0.39, 0.29) is 0 Å². The highest BCUT2D eigenvalue weighted by atomic mass is 14.7. The Kier molecular flexibility index (Phi) is 2.67. The molecule has 0 spiro atoms. The SMILES string of the molecule is c1ccc2cc3c(ccc4cc5ccc6ccccc6c5nc43)cc2c1. The molecule has 0 unspecified atom stereocenters. The van der Waals surface area contributed by atoms with E-state index >= 15 is 0 Å². The van der Waals surface area contributed by atoms with Crippen molar-refractivity contribution in [3.8, 4) is 0 Å². The van der Waals surface area contributed by atoms with Crippen molar-refractivity contribution in [1.82, 2.24) is 4.98 Å². The van der Waals surface area contributed by atoms with Crippen molar-refractivity contribution >= 4 is 54.1 Å². The lowest BCUT2D eigenvalue weighted by atomic mass is 9.99. The van der Waals surface area contributed by atoms with E-state index in [2.05, 4.69) is 91.0 Å². The molecule has 5 aromatic carbocycles. The summed E-state index contributed by atoms with van der Waals surface area (Å²) in [6, 6.07) is 32.6. The summed E-state index contributed by atoms with van der Waals surface area (Å²) in [6.07, 6.45) is 0. The van der Waals surface area contributed by atoms with E-state index in [1.54, 1.807) is 0 Å². The average Bonchev–Trinajstić information content (AvgIpc) is 2.71. The van der Waals surface area contributed by atoms with Crippen LogP contribution in [0.25, 0.3) is 54.1 Å². The molecule has 0 aliphatic heterocycles. The third-order valence-electron chi connectivity index (χ3n) is 5.36. The van der Waals surface area contributed by atoms with Crippen molar-refractivity contribution in [2.75, 3.05) is 0 Å². The average molecular weight is 329 g/mol. The molecule has 1 nitrogen and oxygen atoms in total. The number of pyridine rings is 1. The molecule has 0 N–H and O–H groups in total. The normalized spacial score (nSPS) is 11.8. The summed E-state index contributed by atoms with van der Waals surface area (Å²) in [5, 5.41) is 9.81. The molecule has 1 aromatic heterocycles. The quantitative estimate of drug-likeness (QED) is 0.219. The second kappa shape index (κ2) is 5.03. The van der Waals surface area contributed by atoms with Crippen LogP contribution in [0.15, 0.2) is 91.0 Å². The van der Waals surface area contributed by atoms with Gasteiger partial charge in [0.1, 0.15) is 0 Å². The fourth-order valence-corrected chi connectivity index (χ4v) is 4.05. The minimum Gasteiger partial charge on any atom is -0.246 e. The summed E-state index contributed by atoms with van der Waals surface area (Å²) >= 11 is 0. The predicted octanol–water partition coefficient (Wildman–Crippen LogP) is 6.85. The van der Waals surface area contributed by atoms with Gasteiger partial charge in [0, 0.05) is 21.5 Å². The van der Waals surface area contributed by atoms with E-state index in [1.807, 2.05) is 0 Å². The van der Waals surface area contributed by atoms with Crippen molar-refractivity contribution < 1.29 is 0 Å².